The number of nitro benzene ring substituents is 7. The number of non-ortho nitro benzene ring substituents is 7. The Morgan fingerprint density at radius 3 is 0.695 bits per heavy atom. The molecule has 0 atom stereocenters. The van der Waals surface area contributed by atoms with E-state index in [4.69, 9.17) is 0 Å². The molecule has 1 aliphatic rings. The Bertz CT molecular complexity index is 4440. The van der Waals surface area contributed by atoms with E-state index >= 15 is 0 Å². The normalized spacial score (nSPS) is 13.5. The van der Waals surface area contributed by atoms with Crippen molar-refractivity contribution >= 4 is 85.3 Å². The predicted molar refractivity (Wildman–Crippen MR) is 339 cm³/mol. The van der Waals surface area contributed by atoms with Crippen molar-refractivity contribution in [2.24, 2.45) is 40.9 Å². The van der Waals surface area contributed by atoms with E-state index in [0.29, 0.717) is 36.5 Å². The van der Waals surface area contributed by atoms with E-state index in [9.17, 15) is 91.2 Å². The molecule has 4 N–H and O–H groups in total. The number of phenolic OH excluding ortho intramolecular Hbond substituents is 4. The number of rotatable bonds is 15. The molecule has 8 aromatic carbocycles. The smallest absolute Gasteiger partial charge is 0.278 e. The molecule has 0 saturated carbocycles. The van der Waals surface area contributed by atoms with Gasteiger partial charge in [-0.2, -0.15) is 40.9 Å². The quantitative estimate of drug-likeness (QED) is 0.0421. The molecule has 0 unspecified atom stereocenters. The second-order valence-electron chi connectivity index (χ2n) is 21.9. The van der Waals surface area contributed by atoms with Crippen LogP contribution in [0.15, 0.2) is 168 Å². The summed E-state index contributed by atoms with van der Waals surface area (Å²) in [7, 11) is 0. The number of hydrogen-bond acceptors (Lipinski definition) is 26. The Balaban J connectivity index is 1.23. The molecule has 0 amide bonds. The van der Waals surface area contributed by atoms with E-state index in [1.54, 1.807) is 6.07 Å². The Hall–Kier alpha value is -12.8. The Morgan fingerprint density at radius 1 is 0.242 bits per heavy atom. The van der Waals surface area contributed by atoms with Crippen molar-refractivity contribution < 1.29 is 54.9 Å². The summed E-state index contributed by atoms with van der Waals surface area (Å²) in [6.07, 6.45) is 6.52. The average Bonchev–Trinajstić information content (AvgIpc) is 0.802. The van der Waals surface area contributed by atoms with Crippen molar-refractivity contribution in [3.05, 3.63) is 243 Å². The van der Waals surface area contributed by atoms with Crippen molar-refractivity contribution in [2.75, 3.05) is 0 Å². The molecule has 33 heteroatoms. The van der Waals surface area contributed by atoms with Gasteiger partial charge >= 0.3 is 0 Å². The fraction of sp³-hybridized carbons (Fsp3) is 0.226. The molecule has 0 saturated heterocycles. The standard InChI is InChI=1S/C62H53N15O18/c78-59-36-11-8-6-4-2-1-3-5-7-9-12-37-19-46(65-68-49-27-53(72(84)85)33-54(28-49)73(86)87)21-39(60(37)79)16-41-23-48(67-70-51-31-57(76(92)93)35-58(32-51)77(94)95)25-43(62(41)81)17-42-24-47(66-69-50-29-55(74(88)89)34-56(30-50)75(90)91)22-40(61(42)80)15-38(59)20-45(18-36)64-63-44-13-10-14-52(26-44)71(82)83/h10,13-14,18-35,78-81H,1-9,11-12,15-17H2. The highest BCUT2D eigenvalue weighted by atomic mass is 16.7. The second kappa shape index (κ2) is 29.9. The van der Waals surface area contributed by atoms with Crippen LogP contribution in [0.5, 0.6) is 23.0 Å². The molecule has 8 aromatic rings. The zero-order valence-corrected chi connectivity index (χ0v) is 49.7. The minimum Gasteiger partial charge on any atom is -0.507 e. The number of nitro groups is 7. The van der Waals surface area contributed by atoms with Gasteiger partial charge in [0.2, 0.25) is 0 Å². The topological polar surface area (TPSA) is 482 Å². The molecule has 9 rings (SSSR count). The van der Waals surface area contributed by atoms with E-state index in [1.807, 2.05) is 0 Å². The molecule has 0 spiro atoms. The minimum atomic E-state index is -0.877. The molecule has 0 aromatic heterocycles. The summed E-state index contributed by atoms with van der Waals surface area (Å²) >= 11 is 0. The fourth-order valence-corrected chi connectivity index (χ4v) is 10.5. The lowest BCUT2D eigenvalue weighted by Gasteiger charge is -2.17. The van der Waals surface area contributed by atoms with E-state index in [2.05, 4.69) is 40.9 Å². The first kappa shape index (κ1) is 66.6. The number of aryl methyl sites for hydroxylation is 2. The molecule has 95 heavy (non-hydrogen) atoms. The van der Waals surface area contributed by atoms with Crippen LogP contribution < -0.4 is 0 Å². The summed E-state index contributed by atoms with van der Waals surface area (Å²) in [5.74, 6) is -1.39. The van der Waals surface area contributed by atoms with Gasteiger partial charge in [0.05, 0.1) is 98.2 Å². The molecule has 484 valence electrons. The lowest BCUT2D eigenvalue weighted by molar-refractivity contribution is -0.394. The van der Waals surface area contributed by atoms with Gasteiger partial charge in [-0.1, -0.05) is 51.0 Å². The first-order valence-electron chi connectivity index (χ1n) is 29.1. The van der Waals surface area contributed by atoms with Gasteiger partial charge in [0.25, 0.3) is 39.8 Å². The average molecular weight is 1300 g/mol. The summed E-state index contributed by atoms with van der Waals surface area (Å²) in [6.45, 7) is 0. The number of phenols is 4. The number of aromatic hydroxyl groups is 4. The van der Waals surface area contributed by atoms with Crippen molar-refractivity contribution in [1.29, 1.82) is 0 Å². The second-order valence-corrected chi connectivity index (χ2v) is 21.9. The van der Waals surface area contributed by atoms with E-state index in [0.717, 1.165) is 93.5 Å². The van der Waals surface area contributed by atoms with E-state index < -0.39 is 86.5 Å². The number of benzene rings is 8. The summed E-state index contributed by atoms with van der Waals surface area (Å²) < 4.78 is 0. The molecule has 33 nitrogen and oxygen atoms in total. The van der Waals surface area contributed by atoms with Crippen LogP contribution in [-0.4, -0.2) is 54.9 Å². The fourth-order valence-electron chi connectivity index (χ4n) is 10.5. The third kappa shape index (κ3) is 17.4. The van der Waals surface area contributed by atoms with Gasteiger partial charge in [-0.25, -0.2) is 0 Å². The van der Waals surface area contributed by atoms with Crippen molar-refractivity contribution in [1.82, 2.24) is 0 Å². The zero-order chi connectivity index (χ0) is 68.0. The summed E-state index contributed by atoms with van der Waals surface area (Å²) in [4.78, 5) is 76.9. The zero-order valence-electron chi connectivity index (χ0n) is 49.7. The van der Waals surface area contributed by atoms with Gasteiger partial charge in [0, 0.05) is 101 Å². The molecule has 0 heterocycles. The van der Waals surface area contributed by atoms with Crippen LogP contribution >= 0.6 is 0 Å². The minimum absolute atomic E-state index is 0.0103. The first-order chi connectivity index (χ1) is 45.4. The van der Waals surface area contributed by atoms with Gasteiger partial charge in [-0.05, 0) is 91.4 Å². The van der Waals surface area contributed by atoms with Crippen LogP contribution in [0.2, 0.25) is 0 Å². The largest absolute Gasteiger partial charge is 0.507 e. The van der Waals surface area contributed by atoms with Crippen LogP contribution in [-0.2, 0) is 32.1 Å². The lowest BCUT2D eigenvalue weighted by atomic mass is 9.92. The lowest BCUT2D eigenvalue weighted by Crippen LogP contribution is -1.99. The summed E-state index contributed by atoms with van der Waals surface area (Å²) in [5, 5.41) is 166. The van der Waals surface area contributed by atoms with Crippen molar-refractivity contribution in [3.8, 4) is 23.0 Å². The van der Waals surface area contributed by atoms with Crippen LogP contribution in [0.25, 0.3) is 0 Å². The van der Waals surface area contributed by atoms with Crippen LogP contribution in [0.3, 0.4) is 0 Å². The highest BCUT2D eigenvalue weighted by Gasteiger charge is 2.24. The van der Waals surface area contributed by atoms with Crippen molar-refractivity contribution in [2.45, 2.75) is 89.9 Å². The monoisotopic (exact) mass is 1300 g/mol. The third-order valence-electron chi connectivity index (χ3n) is 15.1. The number of azo groups is 4. The molecule has 1 aliphatic carbocycles. The van der Waals surface area contributed by atoms with Crippen LogP contribution in [0.1, 0.15) is 102 Å². The molecular formula is C62H53N15O18. The van der Waals surface area contributed by atoms with Gasteiger partial charge in [0.1, 0.15) is 23.0 Å². The number of hydrogen-bond donors (Lipinski definition) is 4. The maximum absolute atomic E-state index is 12.5. The third-order valence-corrected chi connectivity index (χ3v) is 15.1. The SMILES string of the molecule is O=[N+]([O-])c1cccc(N=Nc2cc3c(O)c(c2)Cc2cc(N=Nc4cc([N+](=O)[O-])cc([N+](=O)[O-])c4)cc(c2O)Cc2cc(N=Nc4cc([N+](=O)[O-])cc([N+](=O)[O-])c4)cc(c2O)Cc2cc(N=Nc4cc([N+](=O)[O-])cc([N+](=O)[O-])c4)cc(c2O)CCCCCCCCCCC3)c1. The maximum Gasteiger partial charge on any atom is 0.278 e. The molecule has 0 fully saturated rings. The number of nitrogens with zero attached hydrogens (tertiary/aromatic N) is 15. The van der Waals surface area contributed by atoms with Crippen LogP contribution in [0, 0.1) is 70.8 Å². The molecule has 8 bridgehead atoms. The predicted octanol–water partition coefficient (Wildman–Crippen LogP) is 17.9. The van der Waals surface area contributed by atoms with Gasteiger partial charge in [0.15, 0.2) is 0 Å². The first-order valence-corrected chi connectivity index (χ1v) is 29.1. The Labute approximate surface area is 534 Å². The summed E-state index contributed by atoms with van der Waals surface area (Å²) in [6, 6.07) is 24.5. The Kier molecular flexibility index (Phi) is 20.9. The Morgan fingerprint density at radius 2 is 0.442 bits per heavy atom. The highest BCUT2D eigenvalue weighted by Crippen LogP contribution is 2.43. The van der Waals surface area contributed by atoms with E-state index in [-0.39, 0.29) is 115 Å². The van der Waals surface area contributed by atoms with Gasteiger partial charge in [-0.3, -0.25) is 70.8 Å². The number of fused-ring (bicyclic) bond motifs is 8. The molecule has 0 radical (unpaired) electrons. The van der Waals surface area contributed by atoms with Gasteiger partial charge < -0.3 is 20.4 Å². The molecule has 0 aliphatic heterocycles. The molecular weight excluding hydrogens is 1240 g/mol. The van der Waals surface area contributed by atoms with Crippen molar-refractivity contribution in [3.63, 3.8) is 0 Å². The van der Waals surface area contributed by atoms with Gasteiger partial charge in [-0.15, -0.1) is 0 Å². The van der Waals surface area contributed by atoms with E-state index in [1.165, 1.54) is 66.7 Å². The summed E-state index contributed by atoms with van der Waals surface area (Å²) in [5.41, 5.74) is -4.00. The maximum atomic E-state index is 12.5. The van der Waals surface area contributed by atoms with Crippen LogP contribution in [0.4, 0.5) is 85.3 Å². The highest BCUT2D eigenvalue weighted by molar-refractivity contribution is 5.64.